The zero-order valence-corrected chi connectivity index (χ0v) is 79.1. The van der Waals surface area contributed by atoms with Gasteiger partial charge in [-0.3, -0.25) is 76.7 Å². The number of thioether (sulfide) groups is 1. The van der Waals surface area contributed by atoms with Crippen LogP contribution in [0.4, 0.5) is 8.78 Å². The Hall–Kier alpha value is -13.9. The number of nitrogens with two attached hydrogens (primary N) is 1. The van der Waals surface area contributed by atoms with Crippen molar-refractivity contribution in [3.63, 3.8) is 0 Å². The van der Waals surface area contributed by atoms with Gasteiger partial charge in [-0.05, 0) is 101 Å². The standard InChI is InChI=1S/C98H122F2N16O21S/c1-10-11-26-77-97(135)116-51-64(119)46-80(116)93(131)108-73(47-84(122)123)90(128)111-85(55(4)5)98(136)113(7)78(42-56-20-14-12-15-21-56)91(129)109-75(40-59-29-34-65(137-9)35-30-59)95(133)115-50-63(118)45-79(115)92(130)107-72(44-61-48-102-69-25-19-18-24-66(61)69)89(127)106-71(39-58-27-32-62(117)33-28-58)88(126)105-70(37-54(2)3)87(125)110-76(86(124)103-49-82(101)120)52-138-53-83(121)104-74(41-60-31-36-67(99)68(100)38-60)94(132)114(8)81(96(134)112(77)6)43-57-22-16-13-17-23-57/h12-25,27-36,38,48,54-55,63-64,70-81,85,102,117-119H,10-11,26,37,39-47,49-53H2,1-9H3,(H2,101,120)(H,103,124)(H,104,121)(H,105,126)(H,106,127)(H,107,130)(H,108,131)(H,109,129)(H,110,125)(H,111,128)(H,122,123)/t63-,64-,70-,71-,72-,73-,74-,75-,76-,77-,78-,79+,80+,81?,85-/m0/s1. The van der Waals surface area contributed by atoms with Gasteiger partial charge in [0.25, 0.3) is 0 Å². The van der Waals surface area contributed by atoms with Crippen molar-refractivity contribution < 1.29 is 111 Å². The van der Waals surface area contributed by atoms with Gasteiger partial charge in [0.05, 0.1) is 38.0 Å². The van der Waals surface area contributed by atoms with Gasteiger partial charge in [0.1, 0.15) is 90.0 Å². The number of aromatic nitrogens is 1. The first-order chi connectivity index (χ1) is 65.7. The molecule has 37 nitrogen and oxygen atoms in total. The van der Waals surface area contributed by atoms with Crippen LogP contribution in [0.1, 0.15) is 113 Å². The monoisotopic (exact) mass is 1930 g/mol. The summed E-state index contributed by atoms with van der Waals surface area (Å²) in [5, 5.41) is 68.4. The van der Waals surface area contributed by atoms with Crippen molar-refractivity contribution in [2.45, 2.75) is 209 Å². The number of methoxy groups -OCH3 is 1. The number of phenolic OH excluding ortho intramolecular Hbond substituents is 1. The second-order valence-corrected chi connectivity index (χ2v) is 36.8. The van der Waals surface area contributed by atoms with Gasteiger partial charge >= 0.3 is 5.97 Å². The Morgan fingerprint density at radius 3 is 1.59 bits per heavy atom. The van der Waals surface area contributed by atoms with E-state index in [2.05, 4.69) is 52.8 Å². The molecule has 6 aromatic carbocycles. The van der Waals surface area contributed by atoms with E-state index in [1.807, 2.05) is 0 Å². The van der Waals surface area contributed by atoms with Gasteiger partial charge in [0.2, 0.25) is 88.6 Å². The van der Waals surface area contributed by atoms with Crippen molar-refractivity contribution in [3.05, 3.63) is 203 Å². The number of phenols is 1. The highest BCUT2D eigenvalue weighted by Crippen LogP contribution is 2.29. The van der Waals surface area contributed by atoms with Crippen LogP contribution in [-0.2, 0) is 115 Å². The average Bonchev–Trinajstić information content (AvgIpc) is 1.56. The summed E-state index contributed by atoms with van der Waals surface area (Å²) < 4.78 is 35.3. The lowest BCUT2D eigenvalue weighted by molar-refractivity contribution is -0.152. The van der Waals surface area contributed by atoms with Gasteiger partial charge in [0, 0.05) is 108 Å². The van der Waals surface area contributed by atoms with Crippen molar-refractivity contribution >= 4 is 117 Å². The highest BCUT2D eigenvalue weighted by Gasteiger charge is 2.48. The first kappa shape index (κ1) is 106. The molecule has 3 fully saturated rings. The van der Waals surface area contributed by atoms with Crippen LogP contribution in [0, 0.1) is 23.5 Å². The van der Waals surface area contributed by atoms with Crippen LogP contribution in [0.25, 0.3) is 10.9 Å². The van der Waals surface area contributed by atoms with Crippen molar-refractivity contribution in [1.82, 2.24) is 77.3 Å². The summed E-state index contributed by atoms with van der Waals surface area (Å²) in [5.74, 6) is -21.4. The molecule has 0 spiro atoms. The number of ether oxygens (including phenoxy) is 1. The molecule has 3 saturated heterocycles. The number of aliphatic hydroxyl groups excluding tert-OH is 2. The van der Waals surface area contributed by atoms with Gasteiger partial charge in [-0.25, -0.2) is 8.78 Å². The van der Waals surface area contributed by atoms with Gasteiger partial charge in [-0.15, -0.1) is 11.8 Å². The third-order valence-electron chi connectivity index (χ3n) is 24.6. The summed E-state index contributed by atoms with van der Waals surface area (Å²) in [6.45, 7) is 6.46. The number of rotatable bonds is 24. The van der Waals surface area contributed by atoms with Crippen LogP contribution in [0.3, 0.4) is 0 Å². The molecule has 0 radical (unpaired) electrons. The van der Waals surface area contributed by atoms with Gasteiger partial charge in [0.15, 0.2) is 11.6 Å². The van der Waals surface area contributed by atoms with Crippen molar-refractivity contribution in [1.29, 1.82) is 0 Å². The zero-order valence-electron chi connectivity index (χ0n) is 78.3. The van der Waals surface area contributed by atoms with E-state index in [-0.39, 0.29) is 62.7 Å². The molecule has 4 heterocycles. The Morgan fingerprint density at radius 1 is 0.514 bits per heavy atom. The zero-order chi connectivity index (χ0) is 100. The lowest BCUT2D eigenvalue weighted by atomic mass is 9.98. The molecule has 15 atom stereocenters. The molecule has 0 bridgehead atoms. The summed E-state index contributed by atoms with van der Waals surface area (Å²) in [4.78, 5) is 248. The number of carbonyl (C=O) groups excluding carboxylic acids is 15. The normalized spacial score (nSPS) is 24.2. The Labute approximate surface area is 801 Å². The van der Waals surface area contributed by atoms with Gasteiger partial charge in [-0.1, -0.05) is 157 Å². The Balaban J connectivity index is 1.07. The van der Waals surface area contributed by atoms with E-state index in [0.29, 0.717) is 62.7 Å². The fraction of sp³-hybridized carbons (Fsp3) is 0.449. The predicted molar refractivity (Wildman–Crippen MR) is 504 cm³/mol. The average molecular weight is 1930 g/mol. The number of carboxylic acid groups (broad SMARTS) is 1. The molecule has 0 aliphatic carbocycles. The number of aliphatic hydroxyl groups is 2. The van der Waals surface area contributed by atoms with E-state index >= 15 is 57.1 Å². The highest BCUT2D eigenvalue weighted by molar-refractivity contribution is 8.00. The number of nitrogens with zero attached hydrogens (tertiary/aromatic N) is 5. The molecule has 740 valence electrons. The number of aromatic hydroxyl groups is 1. The van der Waals surface area contributed by atoms with Crippen molar-refractivity contribution in [3.8, 4) is 11.5 Å². The van der Waals surface area contributed by atoms with Crippen LogP contribution in [0.5, 0.6) is 11.5 Å². The Kier molecular flexibility index (Phi) is 38.3. The van der Waals surface area contributed by atoms with Crippen LogP contribution in [0.2, 0.25) is 0 Å². The van der Waals surface area contributed by atoms with Crippen molar-refractivity contribution in [2.24, 2.45) is 17.6 Å². The number of fused-ring (bicyclic) bond motifs is 3. The number of carbonyl (C=O) groups is 16. The molecule has 1 unspecified atom stereocenters. The lowest BCUT2D eigenvalue weighted by Gasteiger charge is -2.38. The fourth-order valence-electron chi connectivity index (χ4n) is 17.1. The maximum Gasteiger partial charge on any atom is 0.305 e. The molecule has 3 aliphatic heterocycles. The Morgan fingerprint density at radius 2 is 1.01 bits per heavy atom. The number of hydrogen-bond acceptors (Lipinski definition) is 21. The second kappa shape index (κ2) is 49.7. The molecule has 15 amide bonds. The highest BCUT2D eigenvalue weighted by atomic mass is 32.2. The first-order valence-electron chi connectivity index (χ1n) is 45.7. The van der Waals surface area contributed by atoms with E-state index in [0.717, 1.165) is 42.7 Å². The SMILES string of the molecule is CCCC[C@H]1C(=O)N2C[C@@H](O)C[C@@H]2C(=O)N[C@@H](CC(=O)O)C(=O)N[C@@H](C(C)C)C(=O)N(C)[C@@H](Cc2ccccc2)C(=O)N[C@@H](Cc2ccc(OC)cc2)C(=O)N2C[C@@H](O)C[C@@H]2C(=O)N[C@@H](Cc2c[nH]c3ccccc23)C(=O)N[C@@H](Cc2ccc(O)cc2)C(=O)N[C@@H](CC(C)C)C(=O)N[C@H](C(=O)NCC(N)=O)CSCC(=O)N[C@@H](Cc2ccc(F)c(F)c2)C(=O)N(C)C(Cc2ccccc2)C(=O)N1C. The largest absolute Gasteiger partial charge is 0.508 e. The number of aliphatic carboxylic acids is 1. The maximum atomic E-state index is 15.9. The Bertz CT molecular complexity index is 5510. The van der Waals surface area contributed by atoms with E-state index in [1.165, 1.54) is 66.4 Å². The summed E-state index contributed by atoms with van der Waals surface area (Å²) in [7, 11) is 5.19. The predicted octanol–water partition coefficient (Wildman–Crippen LogP) is 1.91. The summed E-state index contributed by atoms with van der Waals surface area (Å²) in [6.07, 6.45) is -4.98. The molecule has 1 aromatic heterocycles. The topological polar surface area (TPSA) is 530 Å². The number of aromatic amines is 1. The molecule has 3 aliphatic rings. The quantitative estimate of drug-likeness (QED) is 0.0411. The smallest absolute Gasteiger partial charge is 0.305 e. The number of unbranched alkanes of at least 4 members (excludes halogenated alkanes) is 1. The van der Waals surface area contributed by atoms with Crippen LogP contribution < -0.4 is 58.3 Å². The third-order valence-corrected chi connectivity index (χ3v) is 25.6. The third kappa shape index (κ3) is 29.1. The summed E-state index contributed by atoms with van der Waals surface area (Å²) >= 11 is 0.711. The van der Waals surface area contributed by atoms with E-state index < -0.39 is 266 Å². The number of benzene rings is 6. The number of amides is 15. The minimum Gasteiger partial charge on any atom is -0.508 e. The fourth-order valence-corrected chi connectivity index (χ4v) is 17.9. The minimum atomic E-state index is -2.03. The molecule has 7 aromatic rings. The van der Waals surface area contributed by atoms with Crippen molar-refractivity contribution in [2.75, 3.05) is 59.4 Å². The van der Waals surface area contributed by atoms with Crippen LogP contribution in [0.15, 0.2) is 158 Å². The minimum absolute atomic E-state index is 0.0268. The molecular weight excluding hydrogens is 1810 g/mol. The number of para-hydroxylation sites is 1. The number of halogens is 2. The second-order valence-electron chi connectivity index (χ2n) is 35.8. The number of hydrogen-bond donors (Lipinski definition) is 15. The number of primary amides is 1. The molecule has 16 N–H and O–H groups in total. The maximum absolute atomic E-state index is 15.9. The molecule has 40 heteroatoms. The molecule has 0 saturated carbocycles. The molecule has 10 rings (SSSR count). The van der Waals surface area contributed by atoms with Gasteiger partial charge < -0.3 is 108 Å². The van der Waals surface area contributed by atoms with Crippen LogP contribution in [-0.4, -0.2) is 295 Å². The first-order valence-corrected chi connectivity index (χ1v) is 46.9. The van der Waals surface area contributed by atoms with E-state index in [1.54, 1.807) is 136 Å². The molecular formula is C98H122F2N16O21S. The molecule has 138 heavy (non-hydrogen) atoms. The summed E-state index contributed by atoms with van der Waals surface area (Å²) in [6, 6.07) is 16.7. The number of nitrogens with one attached hydrogen (secondary N) is 10. The van der Waals surface area contributed by atoms with E-state index in [9.17, 15) is 48.8 Å². The lowest BCUT2D eigenvalue weighted by Crippen LogP contribution is -2.62. The number of H-pyrrole nitrogens is 1. The van der Waals surface area contributed by atoms with Crippen LogP contribution >= 0.6 is 11.8 Å². The number of likely N-dealkylation sites (N-methyl/N-ethyl adjacent to an activating group) is 3. The van der Waals surface area contributed by atoms with E-state index in [4.69, 9.17) is 10.5 Å². The van der Waals surface area contributed by atoms with Gasteiger partial charge in [-0.2, -0.15) is 0 Å². The number of carboxylic acids is 1. The summed E-state index contributed by atoms with van der Waals surface area (Å²) in [5.41, 5.74) is 8.25.